The molecule has 0 heterocycles. The second-order valence-electron chi connectivity index (χ2n) is 5.05. The molecule has 2 nitrogen and oxygen atoms in total. The zero-order chi connectivity index (χ0) is 13.2. The molecule has 0 spiro atoms. The second kappa shape index (κ2) is 5.31. The molecular weight excluding hydrogens is 248 g/mol. The Balaban J connectivity index is 2.43. The monoisotopic (exact) mass is 266 g/mol. The fourth-order valence-corrected chi connectivity index (χ4v) is 3.22. The fourth-order valence-electron chi connectivity index (χ4n) is 2.96. The second-order valence-corrected chi connectivity index (χ2v) is 5.46. The van der Waals surface area contributed by atoms with Crippen LogP contribution in [0.15, 0.2) is 18.2 Å². The topological polar surface area (TPSA) is 26.3 Å². The third-order valence-corrected chi connectivity index (χ3v) is 4.38. The Bertz CT molecular complexity index is 448. The van der Waals surface area contributed by atoms with Crippen LogP contribution in [0.4, 0.5) is 0 Å². The number of rotatable bonds is 3. The molecule has 0 aromatic heterocycles. The van der Waals surface area contributed by atoms with Crippen molar-refractivity contribution in [3.63, 3.8) is 0 Å². The molecule has 1 aliphatic carbocycles. The Hall–Kier alpha value is -1.02. The van der Waals surface area contributed by atoms with Crippen LogP contribution >= 0.6 is 11.6 Å². The summed E-state index contributed by atoms with van der Waals surface area (Å²) in [5, 5.41) is 0.584. The van der Waals surface area contributed by atoms with Crippen molar-refractivity contribution in [2.45, 2.75) is 44.4 Å². The van der Waals surface area contributed by atoms with E-state index in [0.717, 1.165) is 31.2 Å². The number of halogens is 1. The lowest BCUT2D eigenvalue weighted by Crippen LogP contribution is -2.36. The largest absolute Gasteiger partial charge is 0.495 e. The van der Waals surface area contributed by atoms with Crippen molar-refractivity contribution in [1.82, 2.24) is 0 Å². The van der Waals surface area contributed by atoms with Gasteiger partial charge in [0.15, 0.2) is 0 Å². The number of ketones is 1. The summed E-state index contributed by atoms with van der Waals surface area (Å²) in [7, 11) is 1.60. The molecule has 1 saturated carbocycles. The number of carbonyl (C=O) groups is 1. The molecule has 1 aromatic carbocycles. The molecule has 1 aromatic rings. The summed E-state index contributed by atoms with van der Waals surface area (Å²) in [5.74, 6) is 0.915. The fraction of sp³-hybridized carbons (Fsp3) is 0.533. The normalized spacial score (nSPS) is 18.4. The van der Waals surface area contributed by atoms with Gasteiger partial charge in [-0.25, -0.2) is 0 Å². The number of carbonyl (C=O) groups excluding carboxylic acids is 1. The number of Topliss-reactive ketones (excluding diaryl/α,β-unsaturated/α-hetero) is 1. The van der Waals surface area contributed by atoms with E-state index in [1.807, 2.05) is 18.2 Å². The highest BCUT2D eigenvalue weighted by atomic mass is 35.5. The minimum atomic E-state index is -0.325. The molecule has 0 bridgehead atoms. The predicted molar refractivity (Wildman–Crippen MR) is 73.4 cm³/mol. The number of hydrogen-bond acceptors (Lipinski definition) is 2. The van der Waals surface area contributed by atoms with E-state index in [1.54, 1.807) is 14.0 Å². The van der Waals surface area contributed by atoms with Crippen molar-refractivity contribution in [3.05, 3.63) is 28.8 Å². The van der Waals surface area contributed by atoms with Crippen molar-refractivity contribution < 1.29 is 9.53 Å². The van der Waals surface area contributed by atoms with E-state index in [-0.39, 0.29) is 11.2 Å². The maximum Gasteiger partial charge on any atom is 0.140 e. The predicted octanol–water partition coefficient (Wildman–Crippen LogP) is 4.14. The van der Waals surface area contributed by atoms with Crippen LogP contribution in [0.2, 0.25) is 5.02 Å². The van der Waals surface area contributed by atoms with E-state index in [0.29, 0.717) is 10.8 Å². The summed E-state index contributed by atoms with van der Waals surface area (Å²) in [5.41, 5.74) is 0.717. The minimum Gasteiger partial charge on any atom is -0.495 e. The van der Waals surface area contributed by atoms with E-state index in [4.69, 9.17) is 16.3 Å². The SMILES string of the molecule is COc1ccc(C2(C(C)=O)CCCCC2)cc1Cl. The molecule has 0 amide bonds. The van der Waals surface area contributed by atoms with E-state index in [9.17, 15) is 4.79 Å². The molecule has 18 heavy (non-hydrogen) atoms. The van der Waals surface area contributed by atoms with Gasteiger partial charge in [0.05, 0.1) is 17.5 Å². The Morgan fingerprint density at radius 2 is 1.94 bits per heavy atom. The Morgan fingerprint density at radius 3 is 2.44 bits per heavy atom. The van der Waals surface area contributed by atoms with Crippen LogP contribution in [0, 0.1) is 0 Å². The zero-order valence-corrected chi connectivity index (χ0v) is 11.7. The standard InChI is InChI=1S/C15H19ClO2/c1-11(17)15(8-4-3-5-9-15)12-6-7-14(18-2)13(16)10-12/h6-7,10H,3-5,8-9H2,1-2H3. The lowest BCUT2D eigenvalue weighted by Gasteiger charge is -2.35. The summed E-state index contributed by atoms with van der Waals surface area (Å²) < 4.78 is 5.16. The maximum atomic E-state index is 12.1. The average Bonchev–Trinajstić information content (AvgIpc) is 2.39. The number of methoxy groups -OCH3 is 1. The van der Waals surface area contributed by atoms with E-state index < -0.39 is 0 Å². The molecule has 0 N–H and O–H groups in total. The molecule has 0 unspecified atom stereocenters. The maximum absolute atomic E-state index is 12.1. The number of hydrogen-bond donors (Lipinski definition) is 0. The van der Waals surface area contributed by atoms with Gasteiger partial charge in [0.2, 0.25) is 0 Å². The van der Waals surface area contributed by atoms with Gasteiger partial charge in [-0.3, -0.25) is 4.79 Å². The third-order valence-electron chi connectivity index (χ3n) is 4.09. The minimum absolute atomic E-state index is 0.253. The van der Waals surface area contributed by atoms with E-state index in [1.165, 1.54) is 6.42 Å². The number of benzene rings is 1. The van der Waals surface area contributed by atoms with Crippen molar-refractivity contribution in [2.75, 3.05) is 7.11 Å². The smallest absolute Gasteiger partial charge is 0.140 e. The van der Waals surface area contributed by atoms with Gasteiger partial charge < -0.3 is 4.74 Å². The van der Waals surface area contributed by atoms with Gasteiger partial charge in [-0.2, -0.15) is 0 Å². The summed E-state index contributed by atoms with van der Waals surface area (Å²) in [6.45, 7) is 1.70. The van der Waals surface area contributed by atoms with Gasteiger partial charge in [-0.15, -0.1) is 0 Å². The van der Waals surface area contributed by atoms with Gasteiger partial charge in [0, 0.05) is 0 Å². The summed E-state index contributed by atoms with van der Waals surface area (Å²) >= 11 is 6.18. The zero-order valence-electron chi connectivity index (χ0n) is 11.0. The van der Waals surface area contributed by atoms with Crippen LogP contribution in [0.1, 0.15) is 44.6 Å². The van der Waals surface area contributed by atoms with Crippen LogP contribution in [0.3, 0.4) is 0 Å². The third kappa shape index (κ3) is 2.26. The first kappa shape index (κ1) is 13.4. The van der Waals surface area contributed by atoms with Crippen LogP contribution in [0.25, 0.3) is 0 Å². The van der Waals surface area contributed by atoms with Crippen molar-refractivity contribution in [2.24, 2.45) is 0 Å². The molecule has 1 fully saturated rings. The highest BCUT2D eigenvalue weighted by Gasteiger charge is 2.38. The molecule has 98 valence electrons. The highest BCUT2D eigenvalue weighted by Crippen LogP contribution is 2.42. The number of ether oxygens (including phenoxy) is 1. The lowest BCUT2D eigenvalue weighted by molar-refractivity contribution is -0.123. The Labute approximate surface area is 113 Å². The van der Waals surface area contributed by atoms with Crippen LogP contribution < -0.4 is 4.74 Å². The first-order valence-corrected chi connectivity index (χ1v) is 6.83. The van der Waals surface area contributed by atoms with Crippen LogP contribution in [-0.2, 0) is 10.2 Å². The van der Waals surface area contributed by atoms with Gasteiger partial charge >= 0.3 is 0 Å². The van der Waals surface area contributed by atoms with Crippen molar-refractivity contribution in [1.29, 1.82) is 0 Å². The molecule has 0 atom stereocenters. The molecule has 0 aliphatic heterocycles. The van der Waals surface area contributed by atoms with E-state index >= 15 is 0 Å². The summed E-state index contributed by atoms with van der Waals surface area (Å²) in [6.07, 6.45) is 5.32. The van der Waals surface area contributed by atoms with Gasteiger partial charge in [-0.05, 0) is 37.5 Å². The first-order valence-electron chi connectivity index (χ1n) is 6.45. The van der Waals surface area contributed by atoms with Gasteiger partial charge in [0.25, 0.3) is 0 Å². The van der Waals surface area contributed by atoms with E-state index in [2.05, 4.69) is 0 Å². The quantitative estimate of drug-likeness (QED) is 0.822. The molecule has 1 aliphatic rings. The molecule has 0 radical (unpaired) electrons. The Kier molecular flexibility index (Phi) is 3.96. The molecule has 3 heteroatoms. The molecule has 2 rings (SSSR count). The highest BCUT2D eigenvalue weighted by molar-refractivity contribution is 6.32. The van der Waals surface area contributed by atoms with Crippen molar-refractivity contribution in [3.8, 4) is 5.75 Å². The Morgan fingerprint density at radius 1 is 1.28 bits per heavy atom. The molecular formula is C15H19ClO2. The molecule has 0 saturated heterocycles. The summed E-state index contributed by atoms with van der Waals surface area (Å²) in [6, 6.07) is 5.74. The average molecular weight is 267 g/mol. The lowest BCUT2D eigenvalue weighted by atomic mass is 9.67. The first-order chi connectivity index (χ1) is 8.60. The summed E-state index contributed by atoms with van der Waals surface area (Å²) in [4.78, 5) is 12.1. The van der Waals surface area contributed by atoms with Crippen LogP contribution in [-0.4, -0.2) is 12.9 Å². The van der Waals surface area contributed by atoms with Crippen LogP contribution in [0.5, 0.6) is 5.75 Å². The van der Waals surface area contributed by atoms with Gasteiger partial charge in [-0.1, -0.05) is 36.9 Å². The van der Waals surface area contributed by atoms with Crippen molar-refractivity contribution >= 4 is 17.4 Å². The van der Waals surface area contributed by atoms with Gasteiger partial charge in [0.1, 0.15) is 11.5 Å².